The summed E-state index contributed by atoms with van der Waals surface area (Å²) >= 11 is 11.8. The van der Waals surface area contributed by atoms with Gasteiger partial charge in [-0.25, -0.2) is 8.42 Å². The lowest BCUT2D eigenvalue weighted by atomic mass is 10.2. The predicted octanol–water partition coefficient (Wildman–Crippen LogP) is 6.99. The Bertz CT molecular complexity index is 1320. The number of hydrogen-bond acceptors (Lipinski definition) is 5. The molecule has 0 fully saturated rings. The Labute approximate surface area is 203 Å². The molecule has 0 heterocycles. The summed E-state index contributed by atoms with van der Waals surface area (Å²) in [6.07, 6.45) is -5.56. The van der Waals surface area contributed by atoms with Gasteiger partial charge in [0.1, 0.15) is 22.1 Å². The van der Waals surface area contributed by atoms with E-state index in [1.54, 1.807) is 0 Å². The molecular weight excluding hydrogens is 516 g/mol. The van der Waals surface area contributed by atoms with Crippen LogP contribution in [0.25, 0.3) is 0 Å². The number of Topliss-reactive ketones (excluding diaryl/α,β-unsaturated/α-hetero) is 1. The second kappa shape index (κ2) is 9.85. The summed E-state index contributed by atoms with van der Waals surface area (Å²) < 4.78 is 76.2. The van der Waals surface area contributed by atoms with Crippen molar-refractivity contribution in [2.45, 2.75) is 35.9 Å². The van der Waals surface area contributed by atoms with E-state index in [1.807, 2.05) is 0 Å². The molecule has 3 aromatic carbocycles. The van der Waals surface area contributed by atoms with Gasteiger partial charge < -0.3 is 9.47 Å². The number of hydrogen-bond donors (Lipinski definition) is 0. The maximum absolute atomic E-state index is 13.2. The number of carbonyl (C=O) groups is 1. The Morgan fingerprint density at radius 1 is 0.941 bits per heavy atom. The summed E-state index contributed by atoms with van der Waals surface area (Å²) in [5, 5.41) is 0.0463. The highest BCUT2D eigenvalue weighted by molar-refractivity contribution is 7.91. The van der Waals surface area contributed by atoms with E-state index in [9.17, 15) is 26.4 Å². The molecule has 3 rings (SSSR count). The van der Waals surface area contributed by atoms with Crippen molar-refractivity contribution >= 4 is 38.8 Å². The first kappa shape index (κ1) is 25.9. The topological polar surface area (TPSA) is 69.7 Å². The normalized spacial score (nSPS) is 12.8. The summed E-state index contributed by atoms with van der Waals surface area (Å²) in [4.78, 5) is 11.4. The van der Waals surface area contributed by atoms with E-state index in [-0.39, 0.29) is 37.8 Å². The SMILES string of the molecule is CC(=O)C(C)Oc1cc(Oc2ccc(C(F)(F)F)cc2Cl)ccc1S(=O)(=O)c1ccc(Cl)cc1. The average molecular weight is 533 g/mol. The maximum atomic E-state index is 13.2. The molecule has 5 nitrogen and oxygen atoms in total. The van der Waals surface area contributed by atoms with E-state index in [0.29, 0.717) is 11.1 Å². The van der Waals surface area contributed by atoms with Gasteiger partial charge in [-0.1, -0.05) is 23.2 Å². The lowest BCUT2D eigenvalue weighted by molar-refractivity contribution is -0.137. The molecule has 1 atom stereocenters. The van der Waals surface area contributed by atoms with Gasteiger partial charge in [0.25, 0.3) is 0 Å². The van der Waals surface area contributed by atoms with Crippen LogP contribution in [0.3, 0.4) is 0 Å². The van der Waals surface area contributed by atoms with Crippen molar-refractivity contribution < 1.29 is 35.9 Å². The molecule has 0 bridgehead atoms. The Balaban J connectivity index is 2.03. The minimum atomic E-state index is -4.58. The average Bonchev–Trinajstić information content (AvgIpc) is 2.74. The zero-order chi connectivity index (χ0) is 25.3. The summed E-state index contributed by atoms with van der Waals surface area (Å²) in [6, 6.07) is 11.8. The van der Waals surface area contributed by atoms with Crippen LogP contribution < -0.4 is 9.47 Å². The van der Waals surface area contributed by atoms with E-state index in [1.165, 1.54) is 56.3 Å². The molecule has 1 unspecified atom stereocenters. The first-order valence-electron chi connectivity index (χ1n) is 9.65. The van der Waals surface area contributed by atoms with Crippen molar-refractivity contribution in [1.29, 1.82) is 0 Å². The number of carbonyl (C=O) groups excluding carboxylic acids is 1. The van der Waals surface area contributed by atoms with E-state index < -0.39 is 27.7 Å². The quantitative estimate of drug-likeness (QED) is 0.327. The van der Waals surface area contributed by atoms with Crippen LogP contribution in [0.1, 0.15) is 19.4 Å². The van der Waals surface area contributed by atoms with Gasteiger partial charge in [0.15, 0.2) is 11.9 Å². The molecule has 180 valence electrons. The molecule has 0 aromatic heterocycles. The van der Waals surface area contributed by atoms with Crippen molar-refractivity contribution in [1.82, 2.24) is 0 Å². The molecule has 3 aromatic rings. The maximum Gasteiger partial charge on any atom is 0.416 e. The van der Waals surface area contributed by atoms with Gasteiger partial charge in [-0.05, 0) is 68.4 Å². The minimum absolute atomic E-state index is 0.0301. The van der Waals surface area contributed by atoms with Crippen molar-refractivity contribution in [3.8, 4) is 17.2 Å². The van der Waals surface area contributed by atoms with Crippen LogP contribution in [0.4, 0.5) is 13.2 Å². The Kier molecular flexibility index (Phi) is 7.50. The van der Waals surface area contributed by atoms with Crippen LogP contribution in [-0.2, 0) is 20.8 Å². The lowest BCUT2D eigenvalue weighted by Crippen LogP contribution is -2.21. The Hall–Kier alpha value is -2.75. The van der Waals surface area contributed by atoms with Crippen LogP contribution in [0.2, 0.25) is 10.0 Å². The monoisotopic (exact) mass is 532 g/mol. The number of alkyl halides is 3. The standard InChI is InChI=1S/C23H17Cl2F3O5S/c1-13(29)14(2)32-21-12-17(33-20-9-3-15(11-19(20)25)23(26,27)28)6-10-22(21)34(30,31)18-7-4-16(24)5-8-18/h3-12,14H,1-2H3. The molecule has 0 saturated carbocycles. The van der Waals surface area contributed by atoms with Crippen LogP contribution in [0.15, 0.2) is 70.5 Å². The highest BCUT2D eigenvalue weighted by atomic mass is 35.5. The van der Waals surface area contributed by atoms with Gasteiger partial charge in [-0.3, -0.25) is 4.79 Å². The molecule has 0 aliphatic rings. The van der Waals surface area contributed by atoms with Crippen molar-refractivity contribution in [3.05, 3.63) is 76.3 Å². The molecule has 0 radical (unpaired) electrons. The molecule has 0 spiro atoms. The molecule has 0 aliphatic carbocycles. The number of benzene rings is 3. The minimum Gasteiger partial charge on any atom is -0.481 e. The van der Waals surface area contributed by atoms with E-state index >= 15 is 0 Å². The smallest absolute Gasteiger partial charge is 0.416 e. The summed E-state index contributed by atoms with van der Waals surface area (Å²) in [7, 11) is -4.08. The molecule has 11 heteroatoms. The van der Waals surface area contributed by atoms with Crippen LogP contribution >= 0.6 is 23.2 Å². The molecule has 0 N–H and O–H groups in total. The number of sulfone groups is 1. The molecule has 0 amide bonds. The Morgan fingerprint density at radius 2 is 1.59 bits per heavy atom. The third-order valence-electron chi connectivity index (χ3n) is 4.69. The van der Waals surface area contributed by atoms with Crippen LogP contribution in [-0.4, -0.2) is 20.3 Å². The second-order valence-electron chi connectivity index (χ2n) is 7.18. The van der Waals surface area contributed by atoms with Gasteiger partial charge in [-0.2, -0.15) is 13.2 Å². The van der Waals surface area contributed by atoms with Crippen molar-refractivity contribution in [2.24, 2.45) is 0 Å². The summed E-state index contributed by atoms with van der Waals surface area (Å²) in [5.41, 5.74) is -0.950. The predicted molar refractivity (Wildman–Crippen MR) is 121 cm³/mol. The van der Waals surface area contributed by atoms with Gasteiger partial charge in [0.05, 0.1) is 15.5 Å². The molecule has 0 saturated heterocycles. The number of ether oxygens (including phenoxy) is 2. The summed E-state index contributed by atoms with van der Waals surface area (Å²) in [5.74, 6) is -0.596. The third kappa shape index (κ3) is 5.84. The largest absolute Gasteiger partial charge is 0.481 e. The van der Waals surface area contributed by atoms with Gasteiger partial charge in [0, 0.05) is 11.1 Å². The number of halogens is 5. The van der Waals surface area contributed by atoms with Gasteiger partial charge >= 0.3 is 6.18 Å². The van der Waals surface area contributed by atoms with Crippen LogP contribution in [0.5, 0.6) is 17.2 Å². The fourth-order valence-electron chi connectivity index (χ4n) is 2.77. The molecular formula is C23H17Cl2F3O5S. The van der Waals surface area contributed by atoms with E-state index in [4.69, 9.17) is 32.7 Å². The summed E-state index contributed by atoms with van der Waals surface area (Å²) in [6.45, 7) is 2.72. The zero-order valence-corrected chi connectivity index (χ0v) is 20.0. The lowest BCUT2D eigenvalue weighted by Gasteiger charge is -2.17. The zero-order valence-electron chi connectivity index (χ0n) is 17.7. The van der Waals surface area contributed by atoms with Crippen molar-refractivity contribution in [2.75, 3.05) is 0 Å². The van der Waals surface area contributed by atoms with Gasteiger partial charge in [0.2, 0.25) is 9.84 Å². The third-order valence-corrected chi connectivity index (χ3v) is 7.05. The number of rotatable bonds is 7. The van der Waals surface area contributed by atoms with Crippen LogP contribution in [0, 0.1) is 0 Å². The van der Waals surface area contributed by atoms with E-state index in [2.05, 4.69) is 0 Å². The fraction of sp³-hybridized carbons (Fsp3) is 0.174. The number of ketones is 1. The van der Waals surface area contributed by atoms with Crippen molar-refractivity contribution in [3.63, 3.8) is 0 Å². The first-order chi connectivity index (χ1) is 15.8. The van der Waals surface area contributed by atoms with E-state index in [0.717, 1.165) is 12.1 Å². The Morgan fingerprint density at radius 3 is 2.15 bits per heavy atom. The van der Waals surface area contributed by atoms with Gasteiger partial charge in [-0.15, -0.1) is 0 Å². The second-order valence-corrected chi connectivity index (χ2v) is 9.94. The highest BCUT2D eigenvalue weighted by Gasteiger charge is 2.31. The molecule has 0 aliphatic heterocycles. The first-order valence-corrected chi connectivity index (χ1v) is 11.9. The fourth-order valence-corrected chi connectivity index (χ4v) is 4.48. The highest BCUT2D eigenvalue weighted by Crippen LogP contribution is 2.39. The molecule has 34 heavy (non-hydrogen) atoms.